The zero-order valence-corrected chi connectivity index (χ0v) is 10.9. The van der Waals surface area contributed by atoms with Gasteiger partial charge in [-0.2, -0.15) is 0 Å². The van der Waals surface area contributed by atoms with Crippen molar-refractivity contribution in [1.82, 2.24) is 4.90 Å². The average molecular weight is 233 g/mol. The van der Waals surface area contributed by atoms with Crippen molar-refractivity contribution < 1.29 is 5.11 Å². The van der Waals surface area contributed by atoms with Crippen molar-refractivity contribution >= 4 is 0 Å². The average Bonchev–Trinajstić information content (AvgIpc) is 2.73. The number of nitrogens with zero attached hydrogens (tertiary/aromatic N) is 1. The Kier molecular flexibility index (Phi) is 4.06. The third-order valence-corrected chi connectivity index (χ3v) is 3.82. The van der Waals surface area contributed by atoms with E-state index in [9.17, 15) is 5.11 Å². The van der Waals surface area contributed by atoms with E-state index < -0.39 is 0 Å². The molecule has 2 rings (SSSR count). The third-order valence-electron chi connectivity index (χ3n) is 3.82. The van der Waals surface area contributed by atoms with E-state index in [0.717, 1.165) is 13.0 Å². The summed E-state index contributed by atoms with van der Waals surface area (Å²) < 4.78 is 0. The van der Waals surface area contributed by atoms with E-state index in [2.05, 4.69) is 24.8 Å². The third kappa shape index (κ3) is 2.63. The number of rotatable bonds is 5. The van der Waals surface area contributed by atoms with Gasteiger partial charge in [-0.25, -0.2) is 0 Å². The van der Waals surface area contributed by atoms with Gasteiger partial charge in [0.15, 0.2) is 0 Å². The maximum atomic E-state index is 9.51. The highest BCUT2D eigenvalue weighted by Crippen LogP contribution is 2.37. The topological polar surface area (TPSA) is 23.5 Å². The van der Waals surface area contributed by atoms with Crippen LogP contribution in [0.2, 0.25) is 0 Å². The lowest BCUT2D eigenvalue weighted by Gasteiger charge is -2.28. The SMILES string of the molecule is CCCCN(CC)C1CCc2cc(O)ccc21. The molecule has 1 N–H and O–H groups in total. The van der Waals surface area contributed by atoms with E-state index in [1.807, 2.05) is 12.1 Å². The number of benzene rings is 1. The molecule has 0 saturated carbocycles. The van der Waals surface area contributed by atoms with Crippen LogP contribution in [0.3, 0.4) is 0 Å². The second kappa shape index (κ2) is 5.54. The lowest BCUT2D eigenvalue weighted by molar-refractivity contribution is 0.204. The zero-order valence-electron chi connectivity index (χ0n) is 10.9. The molecule has 1 aliphatic rings. The van der Waals surface area contributed by atoms with Gasteiger partial charge in [0.05, 0.1) is 0 Å². The van der Waals surface area contributed by atoms with Gasteiger partial charge in [0, 0.05) is 6.04 Å². The van der Waals surface area contributed by atoms with Crippen LogP contribution in [0.4, 0.5) is 0 Å². The molecule has 1 unspecified atom stereocenters. The predicted octanol–water partition coefficient (Wildman–Crippen LogP) is 3.50. The maximum Gasteiger partial charge on any atom is 0.115 e. The fourth-order valence-corrected chi connectivity index (χ4v) is 2.86. The number of hydrogen-bond donors (Lipinski definition) is 1. The van der Waals surface area contributed by atoms with Crippen molar-refractivity contribution in [1.29, 1.82) is 0 Å². The summed E-state index contributed by atoms with van der Waals surface area (Å²) >= 11 is 0. The summed E-state index contributed by atoms with van der Waals surface area (Å²) in [5.74, 6) is 0.404. The number of aryl methyl sites for hydroxylation is 1. The van der Waals surface area contributed by atoms with Crippen LogP contribution in [0.5, 0.6) is 5.75 Å². The Morgan fingerprint density at radius 3 is 2.88 bits per heavy atom. The minimum Gasteiger partial charge on any atom is -0.508 e. The molecule has 94 valence electrons. The number of phenols is 1. The molecule has 0 saturated heterocycles. The van der Waals surface area contributed by atoms with Gasteiger partial charge < -0.3 is 5.11 Å². The van der Waals surface area contributed by atoms with E-state index in [1.54, 1.807) is 0 Å². The van der Waals surface area contributed by atoms with Crippen LogP contribution in [0, 0.1) is 0 Å². The van der Waals surface area contributed by atoms with Gasteiger partial charge in [-0.15, -0.1) is 0 Å². The van der Waals surface area contributed by atoms with E-state index in [-0.39, 0.29) is 0 Å². The van der Waals surface area contributed by atoms with Crippen molar-refractivity contribution in [3.63, 3.8) is 0 Å². The van der Waals surface area contributed by atoms with Gasteiger partial charge in [0.1, 0.15) is 5.75 Å². The van der Waals surface area contributed by atoms with Crippen LogP contribution in [-0.2, 0) is 6.42 Å². The van der Waals surface area contributed by atoms with Crippen LogP contribution in [-0.4, -0.2) is 23.1 Å². The molecule has 0 amide bonds. The standard InChI is InChI=1S/C15H23NO/c1-3-5-10-16(4-2)15-9-6-12-11-13(17)7-8-14(12)15/h7-8,11,15,17H,3-6,9-10H2,1-2H3. The van der Waals surface area contributed by atoms with Crippen molar-refractivity contribution in [2.75, 3.05) is 13.1 Å². The molecule has 0 aliphatic heterocycles. The highest BCUT2D eigenvalue weighted by Gasteiger charge is 2.26. The first-order valence-electron chi connectivity index (χ1n) is 6.82. The highest BCUT2D eigenvalue weighted by atomic mass is 16.3. The van der Waals surface area contributed by atoms with E-state index in [0.29, 0.717) is 11.8 Å². The van der Waals surface area contributed by atoms with E-state index in [4.69, 9.17) is 0 Å². The molecule has 1 aromatic rings. The summed E-state index contributed by atoms with van der Waals surface area (Å²) in [6, 6.07) is 6.44. The first kappa shape index (κ1) is 12.4. The first-order chi connectivity index (χ1) is 8.26. The van der Waals surface area contributed by atoms with Crippen molar-refractivity contribution in [2.45, 2.75) is 45.6 Å². The normalized spacial score (nSPS) is 18.6. The number of hydrogen-bond acceptors (Lipinski definition) is 2. The van der Waals surface area contributed by atoms with Crippen LogP contribution >= 0.6 is 0 Å². The molecule has 0 heterocycles. The summed E-state index contributed by atoms with van der Waals surface area (Å²) in [6.45, 7) is 6.80. The number of fused-ring (bicyclic) bond motifs is 1. The highest BCUT2D eigenvalue weighted by molar-refractivity contribution is 5.40. The van der Waals surface area contributed by atoms with Crippen molar-refractivity contribution in [2.24, 2.45) is 0 Å². The van der Waals surface area contributed by atoms with Gasteiger partial charge in [-0.05, 0) is 55.6 Å². The van der Waals surface area contributed by atoms with Gasteiger partial charge in [-0.3, -0.25) is 4.90 Å². The molecular weight excluding hydrogens is 210 g/mol. The number of unbranched alkanes of at least 4 members (excludes halogenated alkanes) is 1. The van der Waals surface area contributed by atoms with E-state index >= 15 is 0 Å². The minimum absolute atomic E-state index is 0.404. The Labute approximate surface area is 104 Å². The molecule has 2 heteroatoms. The molecule has 2 nitrogen and oxygen atoms in total. The Balaban J connectivity index is 2.14. The Morgan fingerprint density at radius 2 is 2.18 bits per heavy atom. The molecular formula is C15H23NO. The van der Waals surface area contributed by atoms with Crippen LogP contribution in [0.1, 0.15) is 50.3 Å². The van der Waals surface area contributed by atoms with Gasteiger partial charge in [-0.1, -0.05) is 26.3 Å². The molecule has 0 aromatic heterocycles. The van der Waals surface area contributed by atoms with Crippen LogP contribution < -0.4 is 0 Å². The fourth-order valence-electron chi connectivity index (χ4n) is 2.86. The van der Waals surface area contributed by atoms with Gasteiger partial charge in [0.25, 0.3) is 0 Å². The van der Waals surface area contributed by atoms with E-state index in [1.165, 1.54) is 36.9 Å². The predicted molar refractivity (Wildman–Crippen MR) is 71.3 cm³/mol. The second-order valence-corrected chi connectivity index (χ2v) is 4.92. The Bertz CT molecular complexity index is 375. The number of phenolic OH excluding ortho intramolecular Hbond substituents is 1. The molecule has 0 radical (unpaired) electrons. The molecule has 0 spiro atoms. The molecule has 17 heavy (non-hydrogen) atoms. The Morgan fingerprint density at radius 1 is 1.35 bits per heavy atom. The summed E-state index contributed by atoms with van der Waals surface area (Å²) in [6.07, 6.45) is 4.84. The minimum atomic E-state index is 0.404. The quantitative estimate of drug-likeness (QED) is 0.841. The maximum absolute atomic E-state index is 9.51. The molecule has 0 bridgehead atoms. The summed E-state index contributed by atoms with van der Waals surface area (Å²) in [4.78, 5) is 2.58. The molecule has 1 atom stereocenters. The smallest absolute Gasteiger partial charge is 0.115 e. The van der Waals surface area contributed by atoms with Crippen molar-refractivity contribution in [3.05, 3.63) is 29.3 Å². The van der Waals surface area contributed by atoms with Crippen molar-refractivity contribution in [3.8, 4) is 5.75 Å². The molecule has 1 aliphatic carbocycles. The lowest BCUT2D eigenvalue weighted by Crippen LogP contribution is -2.28. The second-order valence-electron chi connectivity index (χ2n) is 4.92. The van der Waals surface area contributed by atoms with Crippen LogP contribution in [0.25, 0.3) is 0 Å². The van der Waals surface area contributed by atoms with Gasteiger partial charge >= 0.3 is 0 Å². The monoisotopic (exact) mass is 233 g/mol. The molecule has 0 fully saturated rings. The summed E-state index contributed by atoms with van der Waals surface area (Å²) in [7, 11) is 0. The lowest BCUT2D eigenvalue weighted by atomic mass is 10.1. The first-order valence-corrected chi connectivity index (χ1v) is 6.82. The van der Waals surface area contributed by atoms with Crippen LogP contribution in [0.15, 0.2) is 18.2 Å². The number of aromatic hydroxyl groups is 1. The summed E-state index contributed by atoms with van der Waals surface area (Å²) in [5.41, 5.74) is 2.77. The Hall–Kier alpha value is -1.02. The fraction of sp³-hybridized carbons (Fsp3) is 0.600. The summed E-state index contributed by atoms with van der Waals surface area (Å²) in [5, 5.41) is 9.51. The molecule has 1 aromatic carbocycles. The zero-order chi connectivity index (χ0) is 12.3. The largest absolute Gasteiger partial charge is 0.508 e. The van der Waals surface area contributed by atoms with Gasteiger partial charge in [0.2, 0.25) is 0 Å².